The number of aromatic nitrogens is 4. The van der Waals surface area contributed by atoms with Gasteiger partial charge in [-0.2, -0.15) is 5.10 Å². The Bertz CT molecular complexity index is 1200. The van der Waals surface area contributed by atoms with Gasteiger partial charge in [0, 0.05) is 44.6 Å². The number of fused-ring (bicyclic) bond motifs is 1. The Labute approximate surface area is 190 Å². The van der Waals surface area contributed by atoms with Crippen LogP contribution in [0.4, 0.5) is 5.82 Å². The van der Waals surface area contributed by atoms with E-state index in [0.717, 1.165) is 10.7 Å². The number of aryl methyl sites for hydroxylation is 1. The highest BCUT2D eigenvalue weighted by molar-refractivity contribution is 6.22. The van der Waals surface area contributed by atoms with E-state index < -0.39 is 17.9 Å². The van der Waals surface area contributed by atoms with E-state index >= 15 is 0 Å². The maximum Gasteiger partial charge on any atom is 0.262 e. The van der Waals surface area contributed by atoms with Crippen molar-refractivity contribution in [2.75, 3.05) is 31.1 Å². The number of hydrogen-bond acceptors (Lipinski definition) is 7. The van der Waals surface area contributed by atoms with E-state index in [-0.39, 0.29) is 5.91 Å². The van der Waals surface area contributed by atoms with Gasteiger partial charge >= 0.3 is 0 Å². The van der Waals surface area contributed by atoms with E-state index in [4.69, 9.17) is 0 Å². The van der Waals surface area contributed by atoms with Gasteiger partial charge in [-0.25, -0.2) is 14.6 Å². The molecule has 1 unspecified atom stereocenters. The lowest BCUT2D eigenvalue weighted by Crippen LogP contribution is -2.55. The van der Waals surface area contributed by atoms with E-state index in [1.54, 1.807) is 47.0 Å². The summed E-state index contributed by atoms with van der Waals surface area (Å²) in [5.41, 5.74) is 0.693. The average molecular weight is 445 g/mol. The molecule has 10 heteroatoms. The summed E-state index contributed by atoms with van der Waals surface area (Å²) in [7, 11) is 0. The number of hydrogen-bond donors (Lipinski definition) is 0. The Kier molecular flexibility index (Phi) is 5.12. The molecule has 3 amide bonds. The molecule has 0 spiro atoms. The summed E-state index contributed by atoms with van der Waals surface area (Å²) in [5, 5.41) is 4.23. The third-order valence-electron chi connectivity index (χ3n) is 6.04. The fourth-order valence-corrected chi connectivity index (χ4v) is 4.31. The van der Waals surface area contributed by atoms with E-state index in [1.165, 1.54) is 0 Å². The molecule has 10 nitrogen and oxygen atoms in total. The summed E-state index contributed by atoms with van der Waals surface area (Å²) < 4.78 is 1.68. The van der Waals surface area contributed by atoms with Crippen LogP contribution in [-0.4, -0.2) is 79.5 Å². The minimum absolute atomic E-state index is 0.236. The van der Waals surface area contributed by atoms with E-state index in [0.29, 0.717) is 48.9 Å². The first-order valence-corrected chi connectivity index (χ1v) is 10.8. The van der Waals surface area contributed by atoms with Gasteiger partial charge in [0.15, 0.2) is 5.82 Å². The van der Waals surface area contributed by atoms with E-state index in [2.05, 4.69) is 20.0 Å². The largest absolute Gasteiger partial charge is 0.353 e. The van der Waals surface area contributed by atoms with Gasteiger partial charge in [-0.3, -0.25) is 19.3 Å². The molecule has 0 N–H and O–H groups in total. The zero-order valence-electron chi connectivity index (χ0n) is 18.4. The summed E-state index contributed by atoms with van der Waals surface area (Å²) in [6.07, 6.45) is 3.51. The van der Waals surface area contributed by atoms with Crippen molar-refractivity contribution >= 4 is 23.5 Å². The van der Waals surface area contributed by atoms with Gasteiger partial charge in [-0.15, -0.1) is 0 Å². The zero-order chi connectivity index (χ0) is 23.1. The topological polar surface area (TPSA) is 105 Å². The SMILES string of the molecule is Cc1nc(N2CCN(C(=O)C(C)N3C(=O)c4ccccc4C3=O)CC2)cc(-n2cccn2)n1. The first kappa shape index (κ1) is 20.8. The van der Waals surface area contributed by atoms with Crippen molar-refractivity contribution in [2.45, 2.75) is 19.9 Å². The Balaban J connectivity index is 1.27. The Morgan fingerprint density at radius 1 is 0.939 bits per heavy atom. The Morgan fingerprint density at radius 3 is 2.18 bits per heavy atom. The third-order valence-corrected chi connectivity index (χ3v) is 6.04. The van der Waals surface area contributed by atoms with Gasteiger partial charge in [-0.05, 0) is 32.0 Å². The minimum Gasteiger partial charge on any atom is -0.353 e. The molecule has 1 atom stereocenters. The highest BCUT2D eigenvalue weighted by Gasteiger charge is 2.42. The summed E-state index contributed by atoms with van der Waals surface area (Å²) in [6, 6.07) is 9.50. The molecule has 3 aromatic rings. The number of rotatable bonds is 4. The van der Waals surface area contributed by atoms with Crippen LogP contribution in [0, 0.1) is 6.92 Å². The van der Waals surface area contributed by atoms with Crippen LogP contribution >= 0.6 is 0 Å². The quantitative estimate of drug-likeness (QED) is 0.558. The normalized spacial score (nSPS) is 16.8. The predicted molar refractivity (Wildman–Crippen MR) is 119 cm³/mol. The first-order valence-electron chi connectivity index (χ1n) is 10.8. The highest BCUT2D eigenvalue weighted by Crippen LogP contribution is 2.25. The van der Waals surface area contributed by atoms with Crippen LogP contribution in [0.3, 0.4) is 0 Å². The minimum atomic E-state index is -0.864. The maximum atomic E-state index is 13.2. The smallest absolute Gasteiger partial charge is 0.262 e. The molecule has 4 heterocycles. The monoisotopic (exact) mass is 445 g/mol. The van der Waals surface area contributed by atoms with E-state index in [1.807, 2.05) is 25.3 Å². The van der Waals surface area contributed by atoms with Gasteiger partial charge in [0.2, 0.25) is 5.91 Å². The van der Waals surface area contributed by atoms with Gasteiger partial charge < -0.3 is 9.80 Å². The van der Waals surface area contributed by atoms with Crippen LogP contribution in [0.25, 0.3) is 5.82 Å². The van der Waals surface area contributed by atoms with Crippen molar-refractivity contribution in [3.05, 3.63) is 65.7 Å². The third kappa shape index (κ3) is 3.63. The molecule has 1 aromatic carbocycles. The lowest BCUT2D eigenvalue weighted by Gasteiger charge is -2.37. The fourth-order valence-electron chi connectivity index (χ4n) is 4.31. The first-order chi connectivity index (χ1) is 15.9. The van der Waals surface area contributed by atoms with Crippen LogP contribution in [0.1, 0.15) is 33.5 Å². The van der Waals surface area contributed by atoms with Crippen molar-refractivity contribution in [3.8, 4) is 5.82 Å². The lowest BCUT2D eigenvalue weighted by atomic mass is 10.1. The molecule has 0 radical (unpaired) electrons. The molecule has 1 saturated heterocycles. The number of imide groups is 1. The van der Waals surface area contributed by atoms with Crippen LogP contribution in [0.2, 0.25) is 0 Å². The number of anilines is 1. The second kappa shape index (κ2) is 8.12. The van der Waals surface area contributed by atoms with Crippen LogP contribution in [0.15, 0.2) is 48.8 Å². The van der Waals surface area contributed by atoms with Gasteiger partial charge in [0.25, 0.3) is 11.8 Å². The molecular formula is C23H23N7O3. The molecule has 0 aliphatic carbocycles. The van der Waals surface area contributed by atoms with Crippen molar-refractivity contribution in [2.24, 2.45) is 0 Å². The second-order valence-electron chi connectivity index (χ2n) is 8.10. The highest BCUT2D eigenvalue weighted by atomic mass is 16.2. The summed E-state index contributed by atoms with van der Waals surface area (Å²) in [6.45, 7) is 5.53. The molecule has 0 bridgehead atoms. The average Bonchev–Trinajstić information content (AvgIpc) is 3.46. The van der Waals surface area contributed by atoms with Crippen molar-refractivity contribution in [1.82, 2.24) is 29.5 Å². The molecule has 1 fully saturated rings. The molecule has 33 heavy (non-hydrogen) atoms. The second-order valence-corrected chi connectivity index (χ2v) is 8.10. The summed E-state index contributed by atoms with van der Waals surface area (Å²) in [4.78, 5) is 52.5. The molecule has 2 aliphatic heterocycles. The number of nitrogens with zero attached hydrogens (tertiary/aromatic N) is 7. The number of piperazine rings is 1. The van der Waals surface area contributed by atoms with Crippen LogP contribution in [0.5, 0.6) is 0 Å². The molecule has 2 aromatic heterocycles. The lowest BCUT2D eigenvalue weighted by molar-refractivity contribution is -0.135. The molecular weight excluding hydrogens is 422 g/mol. The van der Waals surface area contributed by atoms with Crippen molar-refractivity contribution in [3.63, 3.8) is 0 Å². The number of benzene rings is 1. The van der Waals surface area contributed by atoms with E-state index in [9.17, 15) is 14.4 Å². The number of carbonyl (C=O) groups excluding carboxylic acids is 3. The standard InChI is InChI=1S/C23H23N7O3/c1-15(30-22(32)17-6-3-4-7-18(17)23(30)33)21(31)28-12-10-27(11-13-28)19-14-20(26-16(2)25-19)29-9-5-8-24-29/h3-9,14-15H,10-13H2,1-2H3. The predicted octanol–water partition coefficient (Wildman–Crippen LogP) is 1.30. The Hall–Kier alpha value is -4.08. The molecule has 168 valence electrons. The molecule has 2 aliphatic rings. The van der Waals surface area contributed by atoms with Crippen molar-refractivity contribution in [1.29, 1.82) is 0 Å². The summed E-state index contributed by atoms with van der Waals surface area (Å²) >= 11 is 0. The van der Waals surface area contributed by atoms with Gasteiger partial charge in [-0.1, -0.05) is 12.1 Å². The number of carbonyl (C=O) groups is 3. The maximum absolute atomic E-state index is 13.2. The van der Waals surface area contributed by atoms with Gasteiger partial charge in [0.1, 0.15) is 17.7 Å². The molecule has 5 rings (SSSR count). The molecule has 0 saturated carbocycles. The van der Waals surface area contributed by atoms with Crippen molar-refractivity contribution < 1.29 is 14.4 Å². The Morgan fingerprint density at radius 2 is 1.58 bits per heavy atom. The van der Waals surface area contributed by atoms with Gasteiger partial charge in [0.05, 0.1) is 11.1 Å². The number of amides is 3. The summed E-state index contributed by atoms with van der Waals surface area (Å²) in [5.74, 6) is 1.01. The van der Waals surface area contributed by atoms with Crippen LogP contribution < -0.4 is 4.90 Å². The fraction of sp³-hybridized carbons (Fsp3) is 0.304. The zero-order valence-corrected chi connectivity index (χ0v) is 18.4. The van der Waals surface area contributed by atoms with Crippen LogP contribution in [-0.2, 0) is 4.79 Å².